The second-order valence-corrected chi connectivity index (χ2v) is 6.71. The van der Waals surface area contributed by atoms with Gasteiger partial charge in [0.1, 0.15) is 5.82 Å². The lowest BCUT2D eigenvalue weighted by atomic mass is 10.2. The Hall–Kier alpha value is -2.57. The Morgan fingerprint density at radius 2 is 2.00 bits per heavy atom. The molecule has 0 radical (unpaired) electrons. The number of guanidine groups is 1. The summed E-state index contributed by atoms with van der Waals surface area (Å²) < 4.78 is 2.24. The van der Waals surface area contributed by atoms with E-state index in [1.807, 2.05) is 32.0 Å². The smallest absolute Gasteiger partial charge is 0.221 e. The van der Waals surface area contributed by atoms with E-state index in [0.717, 1.165) is 43.2 Å². The normalized spacial score (nSPS) is 12.8. The van der Waals surface area contributed by atoms with Gasteiger partial charge in [0.15, 0.2) is 5.96 Å². The SMILES string of the molecule is CCC(C)NC(=O)CCNC(=NC)NCCCn1c(C)nc2ccccc21. The maximum absolute atomic E-state index is 11.8. The molecule has 1 amide bonds. The Morgan fingerprint density at radius 1 is 1.26 bits per heavy atom. The summed E-state index contributed by atoms with van der Waals surface area (Å²) >= 11 is 0. The molecule has 2 rings (SSSR count). The summed E-state index contributed by atoms with van der Waals surface area (Å²) in [7, 11) is 1.74. The van der Waals surface area contributed by atoms with Gasteiger partial charge in [-0.1, -0.05) is 19.1 Å². The number of amides is 1. The highest BCUT2D eigenvalue weighted by Gasteiger charge is 2.07. The summed E-state index contributed by atoms with van der Waals surface area (Å²) in [5.41, 5.74) is 2.21. The summed E-state index contributed by atoms with van der Waals surface area (Å²) in [4.78, 5) is 20.6. The van der Waals surface area contributed by atoms with E-state index in [-0.39, 0.29) is 11.9 Å². The molecular formula is C20H32N6O. The number of nitrogens with zero attached hydrogens (tertiary/aromatic N) is 3. The number of hydrogen-bond acceptors (Lipinski definition) is 3. The van der Waals surface area contributed by atoms with Crippen molar-refractivity contribution >= 4 is 22.9 Å². The maximum Gasteiger partial charge on any atom is 0.221 e. The van der Waals surface area contributed by atoms with E-state index in [0.29, 0.717) is 13.0 Å². The Bertz CT molecular complexity index is 767. The van der Waals surface area contributed by atoms with Gasteiger partial charge in [0.25, 0.3) is 0 Å². The number of imidazole rings is 1. The lowest BCUT2D eigenvalue weighted by Crippen LogP contribution is -2.40. The van der Waals surface area contributed by atoms with Crippen LogP contribution in [0.4, 0.5) is 0 Å². The monoisotopic (exact) mass is 372 g/mol. The molecule has 1 atom stereocenters. The molecule has 1 unspecified atom stereocenters. The highest BCUT2D eigenvalue weighted by atomic mass is 16.1. The third-order valence-electron chi connectivity index (χ3n) is 4.58. The Kier molecular flexibility index (Phi) is 8.10. The van der Waals surface area contributed by atoms with Crippen LogP contribution in [0, 0.1) is 6.92 Å². The first-order valence-electron chi connectivity index (χ1n) is 9.70. The second-order valence-electron chi connectivity index (χ2n) is 6.71. The van der Waals surface area contributed by atoms with Crippen LogP contribution >= 0.6 is 0 Å². The highest BCUT2D eigenvalue weighted by Crippen LogP contribution is 2.15. The fourth-order valence-electron chi connectivity index (χ4n) is 2.89. The van der Waals surface area contributed by atoms with Crippen LogP contribution in [0.5, 0.6) is 0 Å². The molecule has 27 heavy (non-hydrogen) atoms. The van der Waals surface area contributed by atoms with Crippen molar-refractivity contribution in [2.24, 2.45) is 4.99 Å². The van der Waals surface area contributed by atoms with Gasteiger partial charge in [-0.3, -0.25) is 9.79 Å². The Labute approximate surface area is 161 Å². The van der Waals surface area contributed by atoms with Crippen molar-refractivity contribution in [2.45, 2.75) is 52.6 Å². The molecule has 0 aliphatic heterocycles. The van der Waals surface area contributed by atoms with Crippen molar-refractivity contribution in [3.63, 3.8) is 0 Å². The van der Waals surface area contributed by atoms with Crippen molar-refractivity contribution in [2.75, 3.05) is 20.1 Å². The van der Waals surface area contributed by atoms with Gasteiger partial charge in [-0.05, 0) is 38.8 Å². The molecule has 1 aromatic carbocycles. The molecule has 7 heteroatoms. The summed E-state index contributed by atoms with van der Waals surface area (Å²) in [6.45, 7) is 8.37. The third kappa shape index (κ3) is 6.27. The van der Waals surface area contributed by atoms with Gasteiger partial charge < -0.3 is 20.5 Å². The van der Waals surface area contributed by atoms with Crippen LogP contribution in [-0.4, -0.2) is 47.6 Å². The van der Waals surface area contributed by atoms with Gasteiger partial charge in [-0.15, -0.1) is 0 Å². The lowest BCUT2D eigenvalue weighted by molar-refractivity contribution is -0.121. The van der Waals surface area contributed by atoms with Crippen molar-refractivity contribution < 1.29 is 4.79 Å². The largest absolute Gasteiger partial charge is 0.356 e. The molecule has 3 N–H and O–H groups in total. The molecular weight excluding hydrogens is 340 g/mol. The van der Waals surface area contributed by atoms with Gasteiger partial charge in [-0.2, -0.15) is 0 Å². The van der Waals surface area contributed by atoms with E-state index < -0.39 is 0 Å². The number of aliphatic imine (C=N–C) groups is 1. The zero-order valence-electron chi connectivity index (χ0n) is 16.9. The number of benzene rings is 1. The van der Waals surface area contributed by atoms with E-state index in [2.05, 4.69) is 43.5 Å². The van der Waals surface area contributed by atoms with Gasteiger partial charge in [0, 0.05) is 39.1 Å². The molecule has 0 saturated heterocycles. The minimum Gasteiger partial charge on any atom is -0.356 e. The second kappa shape index (κ2) is 10.5. The number of aromatic nitrogens is 2. The first kappa shape index (κ1) is 20.7. The van der Waals surface area contributed by atoms with Crippen molar-refractivity contribution in [1.82, 2.24) is 25.5 Å². The summed E-state index contributed by atoms with van der Waals surface area (Å²) in [6, 6.07) is 8.42. The van der Waals surface area contributed by atoms with Crippen LogP contribution in [-0.2, 0) is 11.3 Å². The van der Waals surface area contributed by atoms with Crippen LogP contribution in [0.2, 0.25) is 0 Å². The number of carbonyl (C=O) groups is 1. The first-order chi connectivity index (χ1) is 13.0. The lowest BCUT2D eigenvalue weighted by Gasteiger charge is -2.14. The van der Waals surface area contributed by atoms with Crippen LogP contribution < -0.4 is 16.0 Å². The number of para-hydroxylation sites is 2. The molecule has 0 bridgehead atoms. The number of aryl methyl sites for hydroxylation is 2. The fraction of sp³-hybridized carbons (Fsp3) is 0.550. The van der Waals surface area contributed by atoms with Crippen LogP contribution in [0.1, 0.15) is 38.9 Å². The molecule has 0 spiro atoms. The van der Waals surface area contributed by atoms with Crippen molar-refractivity contribution in [3.8, 4) is 0 Å². The first-order valence-corrected chi connectivity index (χ1v) is 9.70. The molecule has 148 valence electrons. The zero-order chi connectivity index (χ0) is 19.6. The molecule has 7 nitrogen and oxygen atoms in total. The van der Waals surface area contributed by atoms with Crippen molar-refractivity contribution in [1.29, 1.82) is 0 Å². The van der Waals surface area contributed by atoms with E-state index in [4.69, 9.17) is 0 Å². The van der Waals surface area contributed by atoms with Crippen molar-refractivity contribution in [3.05, 3.63) is 30.1 Å². The topological polar surface area (TPSA) is 83.3 Å². The summed E-state index contributed by atoms with van der Waals surface area (Å²) in [5.74, 6) is 1.82. The quantitative estimate of drug-likeness (QED) is 0.358. The zero-order valence-corrected chi connectivity index (χ0v) is 16.9. The predicted molar refractivity (Wildman–Crippen MR) is 111 cm³/mol. The molecule has 0 aliphatic carbocycles. The molecule has 2 aromatic rings. The molecule has 0 aliphatic rings. The van der Waals surface area contributed by atoms with Crippen LogP contribution in [0.15, 0.2) is 29.3 Å². The third-order valence-corrected chi connectivity index (χ3v) is 4.58. The fourth-order valence-corrected chi connectivity index (χ4v) is 2.89. The van der Waals surface area contributed by atoms with E-state index in [1.165, 1.54) is 5.52 Å². The van der Waals surface area contributed by atoms with Gasteiger partial charge in [0.2, 0.25) is 5.91 Å². The molecule has 1 heterocycles. The minimum absolute atomic E-state index is 0.0646. The highest BCUT2D eigenvalue weighted by molar-refractivity contribution is 5.81. The van der Waals surface area contributed by atoms with Gasteiger partial charge in [-0.25, -0.2) is 4.98 Å². The van der Waals surface area contributed by atoms with E-state index in [1.54, 1.807) is 7.05 Å². The minimum atomic E-state index is 0.0646. The molecule has 0 saturated carbocycles. The average molecular weight is 373 g/mol. The number of rotatable bonds is 9. The number of fused-ring (bicyclic) bond motifs is 1. The number of nitrogens with one attached hydrogen (secondary N) is 3. The number of hydrogen-bond donors (Lipinski definition) is 3. The Balaban J connectivity index is 1.70. The maximum atomic E-state index is 11.8. The molecule has 0 fully saturated rings. The van der Waals surface area contributed by atoms with Gasteiger partial charge in [0.05, 0.1) is 11.0 Å². The summed E-state index contributed by atoms with van der Waals surface area (Å²) in [6.07, 6.45) is 2.33. The number of carbonyl (C=O) groups excluding carboxylic acids is 1. The molecule has 1 aromatic heterocycles. The van der Waals surface area contributed by atoms with E-state index >= 15 is 0 Å². The van der Waals surface area contributed by atoms with Crippen LogP contribution in [0.25, 0.3) is 11.0 Å². The Morgan fingerprint density at radius 3 is 2.74 bits per heavy atom. The van der Waals surface area contributed by atoms with E-state index in [9.17, 15) is 4.79 Å². The van der Waals surface area contributed by atoms with Gasteiger partial charge >= 0.3 is 0 Å². The predicted octanol–water partition coefficient (Wildman–Crippen LogP) is 2.20. The van der Waals surface area contributed by atoms with Crippen LogP contribution in [0.3, 0.4) is 0 Å². The standard InChI is InChI=1S/C20H32N6O/c1-5-15(2)24-19(27)11-13-23-20(21-4)22-12-8-14-26-16(3)25-17-9-6-7-10-18(17)26/h6-7,9-10,15H,5,8,11-14H2,1-4H3,(H,24,27)(H2,21,22,23). The average Bonchev–Trinajstić information content (AvgIpc) is 2.98. The summed E-state index contributed by atoms with van der Waals surface area (Å²) in [5, 5.41) is 9.44.